The zero-order valence-corrected chi connectivity index (χ0v) is 9.41. The van der Waals surface area contributed by atoms with Gasteiger partial charge >= 0.3 is 0 Å². The second-order valence-corrected chi connectivity index (χ2v) is 4.85. The highest BCUT2D eigenvalue weighted by atomic mass is 16.1. The van der Waals surface area contributed by atoms with E-state index in [1.165, 1.54) is 6.08 Å². The van der Waals surface area contributed by atoms with Gasteiger partial charge in [-0.05, 0) is 30.9 Å². The Bertz CT molecular complexity index is 389. The van der Waals surface area contributed by atoms with Crippen molar-refractivity contribution in [2.24, 2.45) is 17.3 Å². The fraction of sp³-hybridized carbons (Fsp3) is 0.538. The molecule has 80 valence electrons. The molecule has 0 saturated heterocycles. The Hall–Kier alpha value is -1.18. The molecule has 0 aromatic rings. The van der Waals surface area contributed by atoms with Gasteiger partial charge in [0.05, 0.1) is 0 Å². The van der Waals surface area contributed by atoms with Crippen molar-refractivity contribution < 1.29 is 9.59 Å². The van der Waals surface area contributed by atoms with Crippen LogP contribution in [0.3, 0.4) is 0 Å². The third kappa shape index (κ3) is 1.24. The van der Waals surface area contributed by atoms with Crippen LogP contribution in [0.15, 0.2) is 23.8 Å². The summed E-state index contributed by atoms with van der Waals surface area (Å²) in [6.07, 6.45) is 6.30. The molecule has 0 amide bonds. The van der Waals surface area contributed by atoms with Crippen LogP contribution in [0.4, 0.5) is 0 Å². The van der Waals surface area contributed by atoms with Gasteiger partial charge in [0.15, 0.2) is 11.6 Å². The van der Waals surface area contributed by atoms with Crippen molar-refractivity contribution >= 4 is 11.6 Å². The van der Waals surface area contributed by atoms with Gasteiger partial charge in [0.2, 0.25) is 0 Å². The first-order valence-electron chi connectivity index (χ1n) is 5.41. The molecule has 2 rings (SSSR count). The van der Waals surface area contributed by atoms with E-state index in [-0.39, 0.29) is 23.4 Å². The Kier molecular flexibility index (Phi) is 2.18. The molecule has 2 nitrogen and oxygen atoms in total. The second kappa shape index (κ2) is 3.16. The number of hydrogen-bond donors (Lipinski definition) is 0. The standard InChI is InChI=1S/C13H16O2/c1-8-7-11(14)10-6-4-5-9(2)13(10,3)12(8)15/h4-5,7,9-10H,6H2,1-3H3/t9?,10-,13?/m1/s1. The Balaban J connectivity index is 2.55. The van der Waals surface area contributed by atoms with Crippen molar-refractivity contribution in [1.82, 2.24) is 0 Å². The third-order valence-electron chi connectivity index (χ3n) is 4.02. The minimum atomic E-state index is -0.509. The number of ketones is 2. The van der Waals surface area contributed by atoms with Gasteiger partial charge in [0.25, 0.3) is 0 Å². The Morgan fingerprint density at radius 2 is 2.07 bits per heavy atom. The molecule has 15 heavy (non-hydrogen) atoms. The Labute approximate surface area is 90.1 Å². The first-order chi connectivity index (χ1) is 6.98. The average molecular weight is 204 g/mol. The highest BCUT2D eigenvalue weighted by Gasteiger charge is 2.50. The van der Waals surface area contributed by atoms with E-state index >= 15 is 0 Å². The van der Waals surface area contributed by atoms with E-state index in [0.29, 0.717) is 12.0 Å². The summed E-state index contributed by atoms with van der Waals surface area (Å²) in [5, 5.41) is 0. The fourth-order valence-corrected chi connectivity index (χ4v) is 2.76. The molecule has 0 fully saturated rings. The molecule has 2 aliphatic carbocycles. The predicted molar refractivity (Wildman–Crippen MR) is 58.3 cm³/mol. The number of carbonyl (C=O) groups is 2. The minimum Gasteiger partial charge on any atom is -0.294 e. The van der Waals surface area contributed by atoms with Crippen LogP contribution in [0, 0.1) is 17.3 Å². The maximum Gasteiger partial charge on any atom is 0.165 e. The maximum atomic E-state index is 12.2. The van der Waals surface area contributed by atoms with Gasteiger partial charge in [-0.1, -0.05) is 26.0 Å². The summed E-state index contributed by atoms with van der Waals surface area (Å²) in [4.78, 5) is 24.1. The summed E-state index contributed by atoms with van der Waals surface area (Å²) in [5.74, 6) is 0.264. The van der Waals surface area contributed by atoms with Crippen molar-refractivity contribution in [2.45, 2.75) is 27.2 Å². The maximum absolute atomic E-state index is 12.2. The molecule has 0 aliphatic heterocycles. The zero-order valence-electron chi connectivity index (χ0n) is 9.41. The first kappa shape index (κ1) is 10.3. The molecule has 2 aliphatic rings. The van der Waals surface area contributed by atoms with Gasteiger partial charge < -0.3 is 0 Å². The molecule has 0 radical (unpaired) electrons. The summed E-state index contributed by atoms with van der Waals surface area (Å²) in [6.45, 7) is 5.70. The molecule has 2 heteroatoms. The van der Waals surface area contributed by atoms with Crippen molar-refractivity contribution in [3.63, 3.8) is 0 Å². The largest absolute Gasteiger partial charge is 0.294 e. The number of rotatable bonds is 0. The topological polar surface area (TPSA) is 34.1 Å². The number of hydrogen-bond acceptors (Lipinski definition) is 2. The Morgan fingerprint density at radius 3 is 2.73 bits per heavy atom. The molecule has 0 heterocycles. The normalized spacial score (nSPS) is 40.1. The van der Waals surface area contributed by atoms with Gasteiger partial charge in [-0.25, -0.2) is 0 Å². The molecule has 0 N–H and O–H groups in total. The molecule has 0 aromatic carbocycles. The lowest BCUT2D eigenvalue weighted by atomic mass is 9.57. The predicted octanol–water partition coefficient (Wildman–Crippen LogP) is 2.30. The second-order valence-electron chi connectivity index (χ2n) is 4.85. The van der Waals surface area contributed by atoms with Gasteiger partial charge in [-0.3, -0.25) is 9.59 Å². The lowest BCUT2D eigenvalue weighted by molar-refractivity contribution is -0.138. The van der Waals surface area contributed by atoms with Crippen LogP contribution in [-0.2, 0) is 9.59 Å². The molecule has 0 aromatic heterocycles. The number of carbonyl (C=O) groups excluding carboxylic acids is 2. The van der Waals surface area contributed by atoms with Crippen LogP contribution in [0.5, 0.6) is 0 Å². The van der Waals surface area contributed by atoms with E-state index in [1.807, 2.05) is 19.9 Å². The smallest absolute Gasteiger partial charge is 0.165 e. The Morgan fingerprint density at radius 1 is 1.40 bits per heavy atom. The van der Waals surface area contributed by atoms with Gasteiger partial charge in [0.1, 0.15) is 0 Å². The van der Waals surface area contributed by atoms with E-state index in [2.05, 4.69) is 6.08 Å². The quantitative estimate of drug-likeness (QED) is 0.567. The van der Waals surface area contributed by atoms with E-state index in [0.717, 1.165) is 0 Å². The fourth-order valence-electron chi connectivity index (χ4n) is 2.76. The lowest BCUT2D eigenvalue weighted by Crippen LogP contribution is -2.48. The molecule has 0 spiro atoms. The SMILES string of the molecule is CC1=CC(=O)[C@H]2CC=CC(C)C2(C)C1=O. The van der Waals surface area contributed by atoms with Crippen molar-refractivity contribution in [3.8, 4) is 0 Å². The van der Waals surface area contributed by atoms with E-state index < -0.39 is 5.41 Å². The number of Topliss-reactive ketones (excluding diaryl/α,β-unsaturated/α-hetero) is 1. The van der Waals surface area contributed by atoms with Crippen molar-refractivity contribution in [3.05, 3.63) is 23.8 Å². The van der Waals surface area contributed by atoms with Crippen molar-refractivity contribution in [1.29, 1.82) is 0 Å². The molecule has 3 atom stereocenters. The zero-order chi connectivity index (χ0) is 11.2. The van der Waals surface area contributed by atoms with Gasteiger partial charge in [-0.15, -0.1) is 0 Å². The van der Waals surface area contributed by atoms with Crippen LogP contribution >= 0.6 is 0 Å². The third-order valence-corrected chi connectivity index (χ3v) is 4.02. The molecular weight excluding hydrogens is 188 g/mol. The molecular formula is C13H16O2. The van der Waals surface area contributed by atoms with Crippen LogP contribution in [-0.4, -0.2) is 11.6 Å². The van der Waals surface area contributed by atoms with Crippen LogP contribution in [0.25, 0.3) is 0 Å². The van der Waals surface area contributed by atoms with E-state index in [1.54, 1.807) is 6.92 Å². The van der Waals surface area contributed by atoms with Crippen LogP contribution < -0.4 is 0 Å². The van der Waals surface area contributed by atoms with Gasteiger partial charge in [0, 0.05) is 11.3 Å². The molecule has 2 unspecified atom stereocenters. The number of allylic oxidation sites excluding steroid dienone is 4. The summed E-state index contributed by atoms with van der Waals surface area (Å²) >= 11 is 0. The highest BCUT2D eigenvalue weighted by molar-refractivity contribution is 6.12. The molecule has 0 saturated carbocycles. The minimum absolute atomic E-state index is 0.116. The van der Waals surface area contributed by atoms with Crippen LogP contribution in [0.2, 0.25) is 0 Å². The monoisotopic (exact) mass is 204 g/mol. The summed E-state index contributed by atoms with van der Waals surface area (Å²) in [5.41, 5.74) is 0.103. The molecule has 0 bridgehead atoms. The van der Waals surface area contributed by atoms with E-state index in [9.17, 15) is 9.59 Å². The first-order valence-corrected chi connectivity index (χ1v) is 5.41. The highest BCUT2D eigenvalue weighted by Crippen LogP contribution is 2.47. The summed E-state index contributed by atoms with van der Waals surface area (Å²) in [6, 6.07) is 0. The lowest BCUT2D eigenvalue weighted by Gasteiger charge is -2.43. The van der Waals surface area contributed by atoms with Crippen molar-refractivity contribution in [2.75, 3.05) is 0 Å². The van der Waals surface area contributed by atoms with E-state index in [4.69, 9.17) is 0 Å². The summed E-state index contributed by atoms with van der Waals surface area (Å²) in [7, 11) is 0. The average Bonchev–Trinajstić information content (AvgIpc) is 2.18. The van der Waals surface area contributed by atoms with Gasteiger partial charge in [-0.2, -0.15) is 0 Å². The van der Waals surface area contributed by atoms with Crippen LogP contribution in [0.1, 0.15) is 27.2 Å². The number of fused-ring (bicyclic) bond motifs is 1. The summed E-state index contributed by atoms with van der Waals surface area (Å²) < 4.78 is 0.